The second kappa shape index (κ2) is 7.28. The average Bonchev–Trinajstić information content (AvgIpc) is 2.76. The molecular formula is C15H26N4O2S. The molecule has 0 spiro atoms. The number of hydrogen-bond acceptors (Lipinski definition) is 4. The Morgan fingerprint density at radius 2 is 2.05 bits per heavy atom. The van der Waals surface area contributed by atoms with E-state index in [1.165, 1.54) is 15.5 Å². The maximum atomic E-state index is 11.0. The zero-order valence-corrected chi connectivity index (χ0v) is 14.7. The van der Waals surface area contributed by atoms with Gasteiger partial charge in [-0.15, -0.1) is 11.3 Å². The van der Waals surface area contributed by atoms with Crippen LogP contribution < -0.4 is 4.80 Å². The lowest BCUT2D eigenvalue weighted by molar-refractivity contribution is 0.124. The molecule has 0 saturated carbocycles. The standard InChI is InChI=1S/C15H26N4O2S/c1-16-14-18(4)12(10-17(2)3)13(22-14)9-11-5-7-19(8-6-11)15(20)21/h11H,5-10H2,1-4H3,(H,20,21). The highest BCUT2D eigenvalue weighted by atomic mass is 32.1. The van der Waals surface area contributed by atoms with Gasteiger partial charge in [0, 0.05) is 44.3 Å². The SMILES string of the molecule is CN=c1sc(CC2CCN(C(=O)O)CC2)c(CN(C)C)n1C. The first-order valence-electron chi connectivity index (χ1n) is 7.65. The molecule has 0 unspecified atom stereocenters. The molecule has 2 rings (SSSR count). The molecule has 1 saturated heterocycles. The summed E-state index contributed by atoms with van der Waals surface area (Å²) in [5.74, 6) is 0.569. The minimum absolute atomic E-state index is 0.569. The Labute approximate surface area is 135 Å². The number of thiazole rings is 1. The van der Waals surface area contributed by atoms with Gasteiger partial charge in [0.15, 0.2) is 4.80 Å². The molecule has 0 atom stereocenters. The number of likely N-dealkylation sites (tertiary alicyclic amines) is 1. The van der Waals surface area contributed by atoms with Crippen LogP contribution in [-0.4, -0.2) is 59.8 Å². The Balaban J connectivity index is 2.11. The number of hydrogen-bond donors (Lipinski definition) is 1. The Morgan fingerprint density at radius 3 is 2.55 bits per heavy atom. The molecule has 1 aromatic heterocycles. The number of carbonyl (C=O) groups is 1. The number of carboxylic acid groups (broad SMARTS) is 1. The molecule has 0 radical (unpaired) electrons. The van der Waals surface area contributed by atoms with Crippen LogP contribution >= 0.6 is 11.3 Å². The molecule has 22 heavy (non-hydrogen) atoms. The van der Waals surface area contributed by atoms with Crippen LogP contribution in [0, 0.1) is 5.92 Å². The topological polar surface area (TPSA) is 61.1 Å². The van der Waals surface area contributed by atoms with Crippen molar-refractivity contribution in [2.75, 3.05) is 34.2 Å². The minimum atomic E-state index is -0.790. The van der Waals surface area contributed by atoms with Crippen LogP contribution in [0.2, 0.25) is 0 Å². The third-order valence-corrected chi connectivity index (χ3v) is 5.53. The van der Waals surface area contributed by atoms with E-state index in [4.69, 9.17) is 5.11 Å². The predicted molar refractivity (Wildman–Crippen MR) is 88.2 cm³/mol. The number of rotatable bonds is 4. The van der Waals surface area contributed by atoms with Crippen molar-refractivity contribution in [2.24, 2.45) is 18.0 Å². The lowest BCUT2D eigenvalue weighted by atomic mass is 9.92. The molecule has 6 nitrogen and oxygen atoms in total. The van der Waals surface area contributed by atoms with Crippen LogP contribution in [0.3, 0.4) is 0 Å². The van der Waals surface area contributed by atoms with Crippen LogP contribution in [0.25, 0.3) is 0 Å². The quantitative estimate of drug-likeness (QED) is 0.914. The van der Waals surface area contributed by atoms with Crippen molar-refractivity contribution in [3.8, 4) is 0 Å². The molecule has 0 aromatic carbocycles. The number of nitrogens with zero attached hydrogens (tertiary/aromatic N) is 4. The first-order chi connectivity index (χ1) is 10.4. The van der Waals surface area contributed by atoms with Gasteiger partial charge in [-0.2, -0.15) is 0 Å². The first kappa shape index (κ1) is 17.0. The van der Waals surface area contributed by atoms with Crippen molar-refractivity contribution < 1.29 is 9.90 Å². The zero-order chi connectivity index (χ0) is 16.3. The fourth-order valence-corrected chi connectivity index (χ4v) is 4.18. The van der Waals surface area contributed by atoms with Gasteiger partial charge in [0.2, 0.25) is 0 Å². The largest absolute Gasteiger partial charge is 0.465 e. The highest BCUT2D eigenvalue weighted by Crippen LogP contribution is 2.25. The van der Waals surface area contributed by atoms with Crippen molar-refractivity contribution in [2.45, 2.75) is 25.8 Å². The summed E-state index contributed by atoms with van der Waals surface area (Å²) in [5, 5.41) is 9.04. The maximum Gasteiger partial charge on any atom is 0.407 e. The highest BCUT2D eigenvalue weighted by Gasteiger charge is 2.24. The molecule has 0 bridgehead atoms. The summed E-state index contributed by atoms with van der Waals surface area (Å²) >= 11 is 1.77. The van der Waals surface area contributed by atoms with Crippen molar-refractivity contribution in [1.29, 1.82) is 0 Å². The van der Waals surface area contributed by atoms with E-state index in [1.807, 2.05) is 7.05 Å². The molecule has 7 heteroatoms. The molecule has 1 aliphatic rings. The van der Waals surface area contributed by atoms with Gasteiger partial charge in [-0.1, -0.05) is 0 Å². The molecule has 1 fully saturated rings. The lowest BCUT2D eigenvalue weighted by Crippen LogP contribution is -2.37. The molecular weight excluding hydrogens is 300 g/mol. The zero-order valence-electron chi connectivity index (χ0n) is 13.9. The summed E-state index contributed by atoms with van der Waals surface area (Å²) in [6, 6.07) is 0. The number of piperidine rings is 1. The van der Waals surface area contributed by atoms with Gasteiger partial charge < -0.3 is 19.5 Å². The molecule has 0 aliphatic carbocycles. The maximum absolute atomic E-state index is 11.0. The third-order valence-electron chi connectivity index (χ3n) is 4.24. The van der Waals surface area contributed by atoms with E-state index in [2.05, 4.69) is 35.6 Å². The van der Waals surface area contributed by atoms with Crippen LogP contribution in [0.4, 0.5) is 4.79 Å². The van der Waals surface area contributed by atoms with Gasteiger partial charge in [0.25, 0.3) is 0 Å². The summed E-state index contributed by atoms with van der Waals surface area (Å²) in [6.45, 7) is 2.23. The Morgan fingerprint density at radius 1 is 1.41 bits per heavy atom. The van der Waals surface area contributed by atoms with E-state index < -0.39 is 6.09 Å². The summed E-state index contributed by atoms with van der Waals surface area (Å²) in [6.07, 6.45) is 2.15. The van der Waals surface area contributed by atoms with E-state index in [0.717, 1.165) is 30.6 Å². The monoisotopic (exact) mass is 326 g/mol. The molecule has 1 aliphatic heterocycles. The summed E-state index contributed by atoms with van der Waals surface area (Å²) < 4.78 is 2.19. The second-order valence-electron chi connectivity index (χ2n) is 6.19. The fraction of sp³-hybridized carbons (Fsp3) is 0.733. The second-order valence-corrected chi connectivity index (χ2v) is 7.25. The van der Waals surface area contributed by atoms with Crippen molar-refractivity contribution >= 4 is 17.4 Å². The molecule has 1 aromatic rings. The van der Waals surface area contributed by atoms with E-state index in [1.54, 1.807) is 11.3 Å². The van der Waals surface area contributed by atoms with Gasteiger partial charge in [-0.3, -0.25) is 4.99 Å². The first-order valence-corrected chi connectivity index (χ1v) is 8.47. The summed E-state index contributed by atoms with van der Waals surface area (Å²) in [5.41, 5.74) is 1.33. The summed E-state index contributed by atoms with van der Waals surface area (Å²) in [4.78, 5) is 21.5. The smallest absolute Gasteiger partial charge is 0.407 e. The van der Waals surface area contributed by atoms with E-state index in [9.17, 15) is 4.79 Å². The van der Waals surface area contributed by atoms with Gasteiger partial charge >= 0.3 is 6.09 Å². The minimum Gasteiger partial charge on any atom is -0.465 e. The van der Waals surface area contributed by atoms with Gasteiger partial charge in [0.05, 0.1) is 0 Å². The van der Waals surface area contributed by atoms with Gasteiger partial charge in [-0.05, 0) is 39.3 Å². The lowest BCUT2D eigenvalue weighted by Gasteiger charge is -2.30. The van der Waals surface area contributed by atoms with Crippen molar-refractivity contribution in [1.82, 2.24) is 14.4 Å². The van der Waals surface area contributed by atoms with Crippen LogP contribution in [0.5, 0.6) is 0 Å². The van der Waals surface area contributed by atoms with Crippen LogP contribution in [0.1, 0.15) is 23.4 Å². The fourth-order valence-electron chi connectivity index (χ4n) is 2.98. The number of amides is 1. The summed E-state index contributed by atoms with van der Waals surface area (Å²) in [7, 11) is 8.07. The van der Waals surface area contributed by atoms with E-state index >= 15 is 0 Å². The Hall–Kier alpha value is -1.34. The average molecular weight is 326 g/mol. The Bertz CT molecular complexity index is 583. The van der Waals surface area contributed by atoms with Crippen molar-refractivity contribution in [3.63, 3.8) is 0 Å². The van der Waals surface area contributed by atoms with Gasteiger partial charge in [0.1, 0.15) is 0 Å². The molecule has 1 N–H and O–H groups in total. The predicted octanol–water partition coefficient (Wildman–Crippen LogP) is 1.61. The highest BCUT2D eigenvalue weighted by molar-refractivity contribution is 7.09. The normalized spacial score (nSPS) is 17.5. The van der Waals surface area contributed by atoms with Crippen LogP contribution in [-0.2, 0) is 20.0 Å². The van der Waals surface area contributed by atoms with Crippen molar-refractivity contribution in [3.05, 3.63) is 15.4 Å². The third kappa shape index (κ3) is 3.89. The van der Waals surface area contributed by atoms with E-state index in [-0.39, 0.29) is 0 Å². The van der Waals surface area contributed by atoms with Crippen LogP contribution in [0.15, 0.2) is 4.99 Å². The number of aromatic nitrogens is 1. The molecule has 1 amide bonds. The Kier molecular flexibility index (Phi) is 5.63. The molecule has 2 heterocycles. The van der Waals surface area contributed by atoms with E-state index in [0.29, 0.717) is 19.0 Å². The molecule has 124 valence electrons. The van der Waals surface area contributed by atoms with Gasteiger partial charge in [-0.25, -0.2) is 4.79 Å².